The summed E-state index contributed by atoms with van der Waals surface area (Å²) in [4.78, 5) is 45.6. The number of nitrogens with one attached hydrogen (secondary N) is 2. The molecule has 2 N–H and O–H groups in total. The molecule has 2 aliphatic rings. The van der Waals surface area contributed by atoms with E-state index in [9.17, 15) is 9.59 Å². The van der Waals surface area contributed by atoms with Gasteiger partial charge in [-0.25, -0.2) is 19.6 Å². The van der Waals surface area contributed by atoms with E-state index in [1.54, 1.807) is 9.80 Å². The van der Waals surface area contributed by atoms with Gasteiger partial charge in [0.2, 0.25) is 0 Å². The van der Waals surface area contributed by atoms with Crippen LogP contribution in [0.2, 0.25) is 0 Å². The first-order valence-electron chi connectivity index (χ1n) is 16.1. The van der Waals surface area contributed by atoms with Gasteiger partial charge in [-0.3, -0.25) is 9.80 Å². The van der Waals surface area contributed by atoms with E-state index in [2.05, 4.69) is 56.3 Å². The van der Waals surface area contributed by atoms with Gasteiger partial charge in [0.1, 0.15) is 22.9 Å². The number of carbonyl (C=O) groups excluding carboxylic acids is 2. The number of hydrogen-bond acceptors (Lipinski definition) is 6. The van der Waals surface area contributed by atoms with Crippen LogP contribution in [-0.4, -0.2) is 66.2 Å². The summed E-state index contributed by atoms with van der Waals surface area (Å²) in [5.41, 5.74) is 4.86. The Morgan fingerprint density at radius 2 is 1.07 bits per heavy atom. The Hall–Kier alpha value is -4.60. The van der Waals surface area contributed by atoms with E-state index in [0.29, 0.717) is 13.1 Å². The van der Waals surface area contributed by atoms with E-state index < -0.39 is 11.2 Å². The minimum Gasteiger partial charge on any atom is -0.444 e. The highest BCUT2D eigenvalue weighted by atomic mass is 16.6. The number of rotatable bonds is 5. The van der Waals surface area contributed by atoms with Gasteiger partial charge in [0.25, 0.3) is 0 Å². The van der Waals surface area contributed by atoms with Gasteiger partial charge < -0.3 is 19.4 Å². The standard InChI is InChI=1S/C36H44N6O4/c1-35(2,3)45-33(43)41-17-9-15-29(41)31-37-21-27(39-31)25-13-7-11-23(19-25)24-12-8-14-26(20-24)28-22-38-32(40-28)30-16-10-18-42(30)34(44)46-36(4,5)6/h7-8,11-14,19-22,29-30H,9-10,15-18H2,1-6H3,(H,37,39)(H,38,40)/t29-,30?/m0/s1. The maximum absolute atomic E-state index is 12.8. The molecule has 0 spiro atoms. The third-order valence-corrected chi connectivity index (χ3v) is 8.26. The van der Waals surface area contributed by atoms with Gasteiger partial charge in [0, 0.05) is 24.2 Å². The van der Waals surface area contributed by atoms with E-state index in [4.69, 9.17) is 9.47 Å². The van der Waals surface area contributed by atoms with Crippen LogP contribution in [0.5, 0.6) is 0 Å². The first-order chi connectivity index (χ1) is 21.8. The van der Waals surface area contributed by atoms with Crippen molar-refractivity contribution in [2.75, 3.05) is 13.1 Å². The minimum atomic E-state index is -0.547. The molecule has 4 heterocycles. The molecule has 10 nitrogen and oxygen atoms in total. The fourth-order valence-electron chi connectivity index (χ4n) is 6.22. The molecule has 0 aliphatic carbocycles. The number of aromatic nitrogens is 4. The Kier molecular flexibility index (Phi) is 8.39. The van der Waals surface area contributed by atoms with Gasteiger partial charge in [0.05, 0.1) is 35.9 Å². The number of ether oxygens (including phenoxy) is 2. The summed E-state index contributed by atoms with van der Waals surface area (Å²) in [5.74, 6) is 1.54. The van der Waals surface area contributed by atoms with E-state index in [0.717, 1.165) is 71.0 Å². The molecule has 6 rings (SSSR count). The zero-order chi connectivity index (χ0) is 32.6. The summed E-state index contributed by atoms with van der Waals surface area (Å²) in [6.45, 7) is 12.6. The largest absolute Gasteiger partial charge is 0.444 e. The first kappa shape index (κ1) is 31.4. The van der Waals surface area contributed by atoms with Crippen molar-refractivity contribution in [1.82, 2.24) is 29.7 Å². The van der Waals surface area contributed by atoms with Gasteiger partial charge in [-0.1, -0.05) is 36.4 Å². The smallest absolute Gasteiger partial charge is 0.410 e. The number of hydrogen-bond donors (Lipinski definition) is 2. The molecular formula is C36H44N6O4. The lowest BCUT2D eigenvalue weighted by atomic mass is 9.99. The zero-order valence-electron chi connectivity index (χ0n) is 27.6. The van der Waals surface area contributed by atoms with Gasteiger partial charge in [-0.15, -0.1) is 0 Å². The van der Waals surface area contributed by atoms with Crippen molar-refractivity contribution in [3.8, 4) is 33.6 Å². The van der Waals surface area contributed by atoms with Crippen molar-refractivity contribution in [2.24, 2.45) is 0 Å². The van der Waals surface area contributed by atoms with Crippen LogP contribution in [0.4, 0.5) is 9.59 Å². The first-order valence-corrected chi connectivity index (χ1v) is 16.1. The molecule has 2 atom stereocenters. The van der Waals surface area contributed by atoms with Crippen LogP contribution in [0.25, 0.3) is 33.6 Å². The van der Waals surface area contributed by atoms with Crippen LogP contribution in [0.15, 0.2) is 60.9 Å². The highest BCUT2D eigenvalue weighted by Crippen LogP contribution is 2.35. The van der Waals surface area contributed by atoms with E-state index >= 15 is 0 Å². The molecule has 0 radical (unpaired) electrons. The van der Waals surface area contributed by atoms with Gasteiger partial charge in [0.15, 0.2) is 0 Å². The average molecular weight is 625 g/mol. The summed E-state index contributed by atoms with van der Waals surface area (Å²) >= 11 is 0. The minimum absolute atomic E-state index is 0.136. The number of nitrogens with zero attached hydrogens (tertiary/aromatic N) is 4. The van der Waals surface area contributed by atoms with Crippen LogP contribution in [0.1, 0.15) is 91.0 Å². The molecule has 2 aliphatic heterocycles. The summed E-state index contributed by atoms with van der Waals surface area (Å²) in [5, 5.41) is 0. The fourth-order valence-corrected chi connectivity index (χ4v) is 6.22. The Bertz CT molecular complexity index is 1590. The maximum Gasteiger partial charge on any atom is 0.410 e. The second-order valence-corrected chi connectivity index (χ2v) is 14.2. The van der Waals surface area contributed by atoms with Crippen molar-refractivity contribution >= 4 is 12.2 Å². The lowest BCUT2D eigenvalue weighted by molar-refractivity contribution is 0.0208. The molecule has 0 bridgehead atoms. The lowest BCUT2D eigenvalue weighted by Crippen LogP contribution is -2.36. The number of amides is 2. The molecule has 10 heteroatoms. The zero-order valence-corrected chi connectivity index (χ0v) is 27.6. The number of carbonyl (C=O) groups is 2. The van der Waals surface area contributed by atoms with E-state index in [-0.39, 0.29) is 24.3 Å². The summed E-state index contributed by atoms with van der Waals surface area (Å²) < 4.78 is 11.3. The SMILES string of the molecule is CC(C)(C)OC(=O)N1CCCC1c1ncc(-c2cccc(-c3cccc(-c4cnc([C@@H]5CCCN5C(=O)OC(C)(C)C)[nH]4)c3)c2)[nH]1. The topological polar surface area (TPSA) is 116 Å². The van der Waals surface area contributed by atoms with Crippen molar-refractivity contribution in [3.05, 3.63) is 72.6 Å². The number of aromatic amines is 2. The normalized spacial score (nSPS) is 18.7. The lowest BCUT2D eigenvalue weighted by Gasteiger charge is -2.27. The van der Waals surface area contributed by atoms with Crippen molar-refractivity contribution in [1.29, 1.82) is 0 Å². The molecular weight excluding hydrogens is 580 g/mol. The third kappa shape index (κ3) is 6.95. The molecule has 1 unspecified atom stereocenters. The van der Waals surface area contributed by atoms with Crippen LogP contribution >= 0.6 is 0 Å². The molecule has 2 fully saturated rings. The summed E-state index contributed by atoms with van der Waals surface area (Å²) in [6, 6.07) is 16.4. The molecule has 2 aromatic carbocycles. The Morgan fingerprint density at radius 3 is 1.46 bits per heavy atom. The number of likely N-dealkylation sites (tertiary alicyclic amines) is 2. The summed E-state index contributed by atoms with van der Waals surface area (Å²) in [6.07, 6.45) is 6.57. The number of imidazole rings is 2. The molecule has 2 amide bonds. The molecule has 0 saturated carbocycles. The monoisotopic (exact) mass is 624 g/mol. The van der Waals surface area contributed by atoms with E-state index in [1.165, 1.54) is 0 Å². The summed E-state index contributed by atoms with van der Waals surface area (Å²) in [7, 11) is 0. The molecule has 2 saturated heterocycles. The molecule has 242 valence electrons. The number of benzene rings is 2. The molecule has 4 aromatic rings. The second-order valence-electron chi connectivity index (χ2n) is 14.2. The highest BCUT2D eigenvalue weighted by molar-refractivity contribution is 5.75. The van der Waals surface area contributed by atoms with Gasteiger partial charge in [-0.05, 0) is 90.5 Å². The predicted molar refractivity (Wildman–Crippen MR) is 177 cm³/mol. The Labute approximate surface area is 270 Å². The fraction of sp³-hybridized carbons (Fsp3) is 0.444. The molecule has 2 aromatic heterocycles. The van der Waals surface area contributed by atoms with E-state index in [1.807, 2.05) is 66.1 Å². The van der Waals surface area contributed by atoms with Crippen molar-refractivity contribution in [3.63, 3.8) is 0 Å². The van der Waals surface area contributed by atoms with Crippen molar-refractivity contribution in [2.45, 2.75) is 90.5 Å². The van der Waals surface area contributed by atoms with Crippen LogP contribution in [-0.2, 0) is 9.47 Å². The Balaban J connectivity index is 1.19. The van der Waals surface area contributed by atoms with Gasteiger partial charge >= 0.3 is 12.2 Å². The highest BCUT2D eigenvalue weighted by Gasteiger charge is 2.36. The number of H-pyrrole nitrogens is 2. The van der Waals surface area contributed by atoms with Crippen LogP contribution in [0, 0.1) is 0 Å². The molecule has 46 heavy (non-hydrogen) atoms. The van der Waals surface area contributed by atoms with Crippen LogP contribution in [0.3, 0.4) is 0 Å². The second kappa shape index (κ2) is 12.3. The van der Waals surface area contributed by atoms with Crippen LogP contribution < -0.4 is 0 Å². The maximum atomic E-state index is 12.8. The Morgan fingerprint density at radius 1 is 0.674 bits per heavy atom. The quantitative estimate of drug-likeness (QED) is 0.231. The average Bonchev–Trinajstić information content (AvgIpc) is 3.81. The van der Waals surface area contributed by atoms with Gasteiger partial charge in [-0.2, -0.15) is 0 Å². The third-order valence-electron chi connectivity index (χ3n) is 8.26. The predicted octanol–water partition coefficient (Wildman–Crippen LogP) is 8.28. The van der Waals surface area contributed by atoms with Crippen molar-refractivity contribution < 1.29 is 19.1 Å².